The van der Waals surface area contributed by atoms with Crippen LogP contribution >= 0.6 is 22.6 Å². The highest BCUT2D eigenvalue weighted by Crippen LogP contribution is 2.20. The van der Waals surface area contributed by atoms with E-state index in [1.54, 1.807) is 6.07 Å². The summed E-state index contributed by atoms with van der Waals surface area (Å²) in [7, 11) is 0. The molecule has 0 aliphatic heterocycles. The summed E-state index contributed by atoms with van der Waals surface area (Å²) in [5.41, 5.74) is 2.07. The molecule has 0 unspecified atom stereocenters. The van der Waals surface area contributed by atoms with Crippen molar-refractivity contribution in [2.75, 3.05) is 11.9 Å². The maximum Gasteiger partial charge on any atom is 0.124 e. The fourth-order valence-corrected chi connectivity index (χ4v) is 2.46. The zero-order valence-corrected chi connectivity index (χ0v) is 13.5. The van der Waals surface area contributed by atoms with Gasteiger partial charge in [0.1, 0.15) is 11.6 Å². The molecule has 0 spiro atoms. The van der Waals surface area contributed by atoms with Crippen LogP contribution in [0.3, 0.4) is 0 Å². The highest BCUT2D eigenvalue weighted by molar-refractivity contribution is 14.1. The van der Waals surface area contributed by atoms with Crippen LogP contribution in [0.25, 0.3) is 0 Å². The Balaban J connectivity index is 1.99. The monoisotopic (exact) mass is 385 g/mol. The van der Waals surface area contributed by atoms with Gasteiger partial charge in [-0.25, -0.2) is 4.39 Å². The lowest BCUT2D eigenvalue weighted by Crippen LogP contribution is -2.02. The molecule has 0 saturated carbocycles. The van der Waals surface area contributed by atoms with Crippen molar-refractivity contribution >= 4 is 28.3 Å². The summed E-state index contributed by atoms with van der Waals surface area (Å²) < 4.78 is 19.5. The van der Waals surface area contributed by atoms with Gasteiger partial charge in [0.05, 0.1) is 6.61 Å². The van der Waals surface area contributed by atoms with Crippen molar-refractivity contribution in [2.45, 2.75) is 19.9 Å². The fraction of sp³-hybridized carbons (Fsp3) is 0.250. The van der Waals surface area contributed by atoms with Crippen molar-refractivity contribution < 1.29 is 9.13 Å². The van der Waals surface area contributed by atoms with E-state index in [9.17, 15) is 4.39 Å². The van der Waals surface area contributed by atoms with Gasteiger partial charge in [0.2, 0.25) is 0 Å². The number of ether oxygens (including phenoxy) is 1. The van der Waals surface area contributed by atoms with Crippen molar-refractivity contribution in [3.63, 3.8) is 0 Å². The Kier molecular flexibility index (Phi) is 5.64. The second-order valence-corrected chi connectivity index (χ2v) is 5.64. The van der Waals surface area contributed by atoms with Crippen molar-refractivity contribution in [2.24, 2.45) is 0 Å². The number of benzene rings is 2. The fourth-order valence-electron chi connectivity index (χ4n) is 1.80. The standard InChI is InChI=1S/C16H17FINO/c1-2-8-20-14-5-3-4-12(9-14)11-19-16-7-6-13(17)10-15(16)18/h3-7,9-10,19H,2,8,11H2,1H3. The molecule has 106 valence electrons. The lowest BCUT2D eigenvalue weighted by atomic mass is 10.2. The van der Waals surface area contributed by atoms with Gasteiger partial charge < -0.3 is 10.1 Å². The molecule has 2 rings (SSSR count). The highest BCUT2D eigenvalue weighted by atomic mass is 127. The van der Waals surface area contributed by atoms with Crippen molar-refractivity contribution in [3.8, 4) is 5.75 Å². The van der Waals surface area contributed by atoms with Crippen LogP contribution in [0.4, 0.5) is 10.1 Å². The van der Waals surface area contributed by atoms with E-state index in [0.717, 1.165) is 33.6 Å². The summed E-state index contributed by atoms with van der Waals surface area (Å²) in [6.45, 7) is 3.50. The van der Waals surface area contributed by atoms with E-state index >= 15 is 0 Å². The van der Waals surface area contributed by atoms with Crippen LogP contribution in [-0.2, 0) is 6.54 Å². The van der Waals surface area contributed by atoms with Crippen LogP contribution in [0.2, 0.25) is 0 Å². The zero-order chi connectivity index (χ0) is 14.4. The molecular weight excluding hydrogens is 368 g/mol. The number of hydrogen-bond acceptors (Lipinski definition) is 2. The molecule has 1 N–H and O–H groups in total. The van der Waals surface area contributed by atoms with E-state index in [0.29, 0.717) is 6.54 Å². The SMILES string of the molecule is CCCOc1cccc(CNc2ccc(F)cc2I)c1. The average Bonchev–Trinajstić information content (AvgIpc) is 2.45. The smallest absolute Gasteiger partial charge is 0.124 e. The summed E-state index contributed by atoms with van der Waals surface area (Å²) >= 11 is 2.13. The van der Waals surface area contributed by atoms with Gasteiger partial charge >= 0.3 is 0 Å². The summed E-state index contributed by atoms with van der Waals surface area (Å²) in [5, 5.41) is 3.31. The highest BCUT2D eigenvalue weighted by Gasteiger charge is 2.02. The van der Waals surface area contributed by atoms with Gasteiger partial charge in [0.25, 0.3) is 0 Å². The number of hydrogen-bond donors (Lipinski definition) is 1. The predicted molar refractivity (Wildman–Crippen MR) is 88.7 cm³/mol. The maximum absolute atomic E-state index is 13.0. The molecule has 20 heavy (non-hydrogen) atoms. The van der Waals surface area contributed by atoms with Gasteiger partial charge in [-0.3, -0.25) is 0 Å². The van der Waals surface area contributed by atoms with Crippen LogP contribution in [-0.4, -0.2) is 6.61 Å². The van der Waals surface area contributed by atoms with Crippen LogP contribution in [0.15, 0.2) is 42.5 Å². The minimum Gasteiger partial charge on any atom is -0.494 e. The molecule has 2 nitrogen and oxygen atoms in total. The second kappa shape index (κ2) is 7.47. The molecule has 4 heteroatoms. The van der Waals surface area contributed by atoms with Crippen molar-refractivity contribution in [1.29, 1.82) is 0 Å². The van der Waals surface area contributed by atoms with E-state index in [1.807, 2.05) is 24.3 Å². The largest absolute Gasteiger partial charge is 0.494 e. The van der Waals surface area contributed by atoms with Crippen LogP contribution in [0.1, 0.15) is 18.9 Å². The van der Waals surface area contributed by atoms with Crippen LogP contribution in [0.5, 0.6) is 5.75 Å². The van der Waals surface area contributed by atoms with E-state index in [-0.39, 0.29) is 5.82 Å². The number of halogens is 2. The number of nitrogens with one attached hydrogen (secondary N) is 1. The lowest BCUT2D eigenvalue weighted by molar-refractivity contribution is 0.317. The van der Waals surface area contributed by atoms with Gasteiger partial charge in [0, 0.05) is 15.8 Å². The minimum absolute atomic E-state index is 0.213. The molecule has 0 heterocycles. The topological polar surface area (TPSA) is 21.3 Å². The third-order valence-corrected chi connectivity index (χ3v) is 3.68. The third-order valence-electron chi connectivity index (χ3n) is 2.79. The third kappa shape index (κ3) is 4.37. The van der Waals surface area contributed by atoms with Crippen LogP contribution < -0.4 is 10.1 Å². The Bertz CT molecular complexity index is 574. The quantitative estimate of drug-likeness (QED) is 0.720. The minimum atomic E-state index is -0.213. The molecule has 0 saturated heterocycles. The first-order chi connectivity index (χ1) is 9.69. The van der Waals surface area contributed by atoms with Gasteiger partial charge in [0.15, 0.2) is 0 Å². The first kappa shape index (κ1) is 15.1. The normalized spacial score (nSPS) is 10.3. The average molecular weight is 385 g/mol. The van der Waals surface area contributed by atoms with Gasteiger partial charge in [-0.15, -0.1) is 0 Å². The van der Waals surface area contributed by atoms with Crippen molar-refractivity contribution in [3.05, 3.63) is 57.4 Å². The van der Waals surface area contributed by atoms with Gasteiger partial charge in [-0.05, 0) is 64.9 Å². The molecule has 0 atom stereocenters. The Labute approximate surface area is 132 Å². The van der Waals surface area contributed by atoms with E-state index in [4.69, 9.17) is 4.74 Å². The predicted octanol–water partition coefficient (Wildman–Crippen LogP) is 4.83. The first-order valence-electron chi connectivity index (χ1n) is 6.59. The summed E-state index contributed by atoms with van der Waals surface area (Å²) in [4.78, 5) is 0. The van der Waals surface area contributed by atoms with E-state index in [2.05, 4.69) is 34.8 Å². The summed E-state index contributed by atoms with van der Waals surface area (Å²) in [6, 6.07) is 12.8. The van der Waals surface area contributed by atoms with E-state index < -0.39 is 0 Å². The molecule has 0 aromatic heterocycles. The molecule has 0 bridgehead atoms. The number of rotatable bonds is 6. The Morgan fingerprint density at radius 2 is 2.05 bits per heavy atom. The first-order valence-corrected chi connectivity index (χ1v) is 7.67. The van der Waals surface area contributed by atoms with E-state index in [1.165, 1.54) is 12.1 Å². The lowest BCUT2D eigenvalue weighted by Gasteiger charge is -2.10. The Morgan fingerprint density at radius 3 is 2.80 bits per heavy atom. The molecular formula is C16H17FINO. The van der Waals surface area contributed by atoms with Crippen molar-refractivity contribution in [1.82, 2.24) is 0 Å². The summed E-state index contributed by atoms with van der Waals surface area (Å²) in [6.07, 6.45) is 0.996. The molecule has 2 aromatic carbocycles. The Hall–Kier alpha value is -1.30. The molecule has 0 amide bonds. The van der Waals surface area contributed by atoms with Gasteiger partial charge in [-0.1, -0.05) is 19.1 Å². The zero-order valence-electron chi connectivity index (χ0n) is 11.3. The summed E-state index contributed by atoms with van der Waals surface area (Å²) in [5.74, 6) is 0.676. The molecule has 0 radical (unpaired) electrons. The van der Waals surface area contributed by atoms with Gasteiger partial charge in [-0.2, -0.15) is 0 Å². The molecule has 0 aliphatic rings. The Morgan fingerprint density at radius 1 is 1.20 bits per heavy atom. The molecule has 2 aromatic rings. The molecule has 0 fully saturated rings. The maximum atomic E-state index is 13.0. The molecule has 0 aliphatic carbocycles. The van der Waals surface area contributed by atoms with Crippen LogP contribution in [0, 0.1) is 9.39 Å². The number of anilines is 1. The second-order valence-electron chi connectivity index (χ2n) is 4.47.